The molecule has 1 heterocycles. The van der Waals surface area contributed by atoms with Gasteiger partial charge in [0.1, 0.15) is 11.2 Å². The average molecular weight is 494 g/mol. The Morgan fingerprint density at radius 2 is 1.14 bits per heavy atom. The molecule has 0 radical (unpaired) electrons. The first kappa shape index (κ1) is 20.6. The number of benzene rings is 6. The van der Waals surface area contributed by atoms with E-state index in [0.717, 1.165) is 55.2 Å². The van der Waals surface area contributed by atoms with Gasteiger partial charge in [0.05, 0.1) is 5.69 Å². The van der Waals surface area contributed by atoms with Crippen molar-refractivity contribution in [2.24, 2.45) is 0 Å². The van der Waals surface area contributed by atoms with Crippen molar-refractivity contribution < 1.29 is 4.42 Å². The summed E-state index contributed by atoms with van der Waals surface area (Å²) in [6, 6.07) is 42.4. The summed E-state index contributed by atoms with van der Waals surface area (Å²) >= 11 is 7.01. The van der Waals surface area contributed by atoms with Crippen LogP contribution in [0.15, 0.2) is 126 Å². The van der Waals surface area contributed by atoms with E-state index in [0.29, 0.717) is 0 Å². The van der Waals surface area contributed by atoms with Crippen LogP contribution in [-0.2, 0) is 0 Å². The molecule has 0 fully saturated rings. The number of halogens is 1. The first-order valence-corrected chi connectivity index (χ1v) is 12.8. The summed E-state index contributed by atoms with van der Waals surface area (Å²) in [5.41, 5.74) is 9.53. The first-order chi connectivity index (χ1) is 18.3. The van der Waals surface area contributed by atoms with Crippen molar-refractivity contribution >= 4 is 61.4 Å². The Morgan fingerprint density at radius 1 is 0.486 bits per heavy atom. The second kappa shape index (κ2) is 7.73. The fourth-order valence-electron chi connectivity index (χ4n) is 5.97. The third-order valence-corrected chi connectivity index (χ3v) is 7.76. The lowest BCUT2D eigenvalue weighted by atomic mass is 9.91. The van der Waals surface area contributed by atoms with Crippen LogP contribution in [0.1, 0.15) is 0 Å². The monoisotopic (exact) mass is 493 g/mol. The highest BCUT2D eigenvalue weighted by atomic mass is 35.5. The van der Waals surface area contributed by atoms with E-state index in [1.54, 1.807) is 0 Å². The van der Waals surface area contributed by atoms with Crippen molar-refractivity contribution in [3.63, 3.8) is 0 Å². The topological polar surface area (TPSA) is 16.4 Å². The van der Waals surface area contributed by atoms with Crippen LogP contribution >= 0.6 is 11.6 Å². The number of nitrogens with zero attached hydrogens (tertiary/aromatic N) is 1. The van der Waals surface area contributed by atoms with E-state index in [2.05, 4.69) is 114 Å². The van der Waals surface area contributed by atoms with Gasteiger partial charge < -0.3 is 9.32 Å². The zero-order chi connectivity index (χ0) is 24.5. The van der Waals surface area contributed by atoms with Crippen LogP contribution in [-0.4, -0.2) is 0 Å². The number of para-hydroxylation sites is 2. The van der Waals surface area contributed by atoms with Gasteiger partial charge in [0.2, 0.25) is 0 Å². The van der Waals surface area contributed by atoms with E-state index < -0.39 is 0 Å². The van der Waals surface area contributed by atoms with E-state index in [4.69, 9.17) is 16.0 Å². The summed E-state index contributed by atoms with van der Waals surface area (Å²) < 4.78 is 6.35. The fraction of sp³-hybridized carbons (Fsp3) is 0. The van der Waals surface area contributed by atoms with Gasteiger partial charge >= 0.3 is 0 Å². The highest BCUT2D eigenvalue weighted by Crippen LogP contribution is 2.54. The molecule has 7 aromatic rings. The van der Waals surface area contributed by atoms with Crippen molar-refractivity contribution in [3.8, 4) is 22.3 Å². The van der Waals surface area contributed by atoms with Crippen molar-refractivity contribution in [1.82, 2.24) is 0 Å². The lowest BCUT2D eigenvalue weighted by Crippen LogP contribution is -2.11. The molecule has 1 aromatic heterocycles. The molecule has 3 heteroatoms. The molecule has 0 bridgehead atoms. The molecule has 0 aliphatic heterocycles. The van der Waals surface area contributed by atoms with Crippen molar-refractivity contribution in [2.75, 3.05) is 4.90 Å². The maximum Gasteiger partial charge on any atom is 0.136 e. The molecule has 8 rings (SSSR count). The quantitative estimate of drug-likeness (QED) is 0.243. The van der Waals surface area contributed by atoms with Crippen molar-refractivity contribution in [1.29, 1.82) is 0 Å². The van der Waals surface area contributed by atoms with Crippen LogP contribution < -0.4 is 4.90 Å². The molecule has 1 aliphatic carbocycles. The molecular weight excluding hydrogens is 474 g/mol. The predicted molar refractivity (Wildman–Crippen MR) is 155 cm³/mol. The highest BCUT2D eigenvalue weighted by molar-refractivity contribution is 6.39. The van der Waals surface area contributed by atoms with Crippen molar-refractivity contribution in [3.05, 3.63) is 126 Å². The minimum Gasteiger partial charge on any atom is -0.456 e. The van der Waals surface area contributed by atoms with E-state index in [-0.39, 0.29) is 0 Å². The molecule has 174 valence electrons. The summed E-state index contributed by atoms with van der Waals surface area (Å²) in [7, 11) is 0. The van der Waals surface area contributed by atoms with Gasteiger partial charge in [0, 0.05) is 43.7 Å². The second-order valence-corrected chi connectivity index (χ2v) is 9.85. The number of furan rings is 1. The Bertz CT molecular complexity index is 1950. The van der Waals surface area contributed by atoms with Gasteiger partial charge in [0.25, 0.3) is 0 Å². The third-order valence-electron chi connectivity index (χ3n) is 7.44. The number of rotatable bonds is 3. The first-order valence-electron chi connectivity index (χ1n) is 12.4. The summed E-state index contributed by atoms with van der Waals surface area (Å²) in [6.45, 7) is 0. The molecule has 0 unspecified atom stereocenters. The molecule has 2 nitrogen and oxygen atoms in total. The van der Waals surface area contributed by atoms with Crippen LogP contribution in [0.4, 0.5) is 17.1 Å². The Morgan fingerprint density at radius 3 is 1.89 bits per heavy atom. The lowest BCUT2D eigenvalue weighted by molar-refractivity contribution is 0.669. The summed E-state index contributed by atoms with van der Waals surface area (Å²) in [4.78, 5) is 2.34. The number of hydrogen-bond acceptors (Lipinski definition) is 2. The van der Waals surface area contributed by atoms with Crippen LogP contribution in [0.25, 0.3) is 55.0 Å². The maximum absolute atomic E-state index is 7.01. The van der Waals surface area contributed by atoms with Gasteiger partial charge in [-0.3, -0.25) is 0 Å². The van der Waals surface area contributed by atoms with Gasteiger partial charge in [0.15, 0.2) is 0 Å². The highest BCUT2D eigenvalue weighted by Gasteiger charge is 2.28. The van der Waals surface area contributed by atoms with E-state index >= 15 is 0 Å². The Hall–Kier alpha value is -4.53. The normalized spacial score (nSPS) is 11.9. The molecule has 1 aliphatic rings. The number of hydrogen-bond donors (Lipinski definition) is 0. The molecule has 0 amide bonds. The zero-order valence-corrected chi connectivity index (χ0v) is 20.5. The molecule has 0 saturated carbocycles. The van der Waals surface area contributed by atoms with Crippen molar-refractivity contribution in [2.45, 2.75) is 0 Å². The van der Waals surface area contributed by atoms with Gasteiger partial charge in [-0.1, -0.05) is 84.4 Å². The molecule has 37 heavy (non-hydrogen) atoms. The molecule has 0 N–H and O–H groups in total. The number of anilines is 3. The van der Waals surface area contributed by atoms with Gasteiger partial charge in [-0.2, -0.15) is 0 Å². The Kier molecular flexibility index (Phi) is 4.31. The average Bonchev–Trinajstić information content (AvgIpc) is 3.26. The largest absolute Gasteiger partial charge is 0.456 e. The third kappa shape index (κ3) is 2.88. The SMILES string of the molecule is Clc1ccc2oc3ccc4cccc5c4c3c2c1-c1cccc(N(c2ccccc2)c2ccccc2)c1-5. The fourth-order valence-corrected chi connectivity index (χ4v) is 6.23. The molecular formula is C34H20ClNO. The molecule has 0 saturated heterocycles. The van der Waals surface area contributed by atoms with E-state index in [1.807, 2.05) is 12.1 Å². The zero-order valence-electron chi connectivity index (χ0n) is 19.8. The summed E-state index contributed by atoms with van der Waals surface area (Å²) in [5, 5.41) is 5.34. The summed E-state index contributed by atoms with van der Waals surface area (Å²) in [6.07, 6.45) is 0. The van der Waals surface area contributed by atoms with Crippen LogP contribution in [0.3, 0.4) is 0 Å². The Labute approximate surface area is 218 Å². The second-order valence-electron chi connectivity index (χ2n) is 9.45. The minimum absolute atomic E-state index is 0.726. The predicted octanol–water partition coefficient (Wildman–Crippen LogP) is 10.5. The van der Waals surface area contributed by atoms with Crippen LogP contribution in [0, 0.1) is 0 Å². The lowest BCUT2D eigenvalue weighted by Gasteiger charge is -2.29. The van der Waals surface area contributed by atoms with Gasteiger partial charge in [-0.05, 0) is 65.0 Å². The minimum atomic E-state index is 0.726. The van der Waals surface area contributed by atoms with Crippen LogP contribution in [0.5, 0.6) is 0 Å². The molecule has 6 aromatic carbocycles. The maximum atomic E-state index is 7.01. The van der Waals surface area contributed by atoms with Gasteiger partial charge in [-0.15, -0.1) is 0 Å². The molecule has 0 spiro atoms. The smallest absolute Gasteiger partial charge is 0.136 e. The molecule has 0 atom stereocenters. The Balaban J connectivity index is 1.58. The van der Waals surface area contributed by atoms with Crippen LogP contribution in [0.2, 0.25) is 5.02 Å². The van der Waals surface area contributed by atoms with E-state index in [1.165, 1.54) is 21.9 Å². The van der Waals surface area contributed by atoms with E-state index in [9.17, 15) is 0 Å². The summed E-state index contributed by atoms with van der Waals surface area (Å²) in [5.74, 6) is 0. The van der Waals surface area contributed by atoms with Gasteiger partial charge in [-0.25, -0.2) is 0 Å². The number of fused-ring (bicyclic) bond motifs is 3. The standard InChI is InChI=1S/C34H20ClNO/c35-26-18-20-29-34-32(26)25-15-8-16-27(36(22-10-3-1-4-11-22)23-12-5-2-6-13-23)31(25)24-14-7-9-21-17-19-28(37-29)33(34)30(21)24/h1-20H.